The zero-order valence-electron chi connectivity index (χ0n) is 18.9. The van der Waals surface area contributed by atoms with E-state index in [4.69, 9.17) is 4.74 Å². The molecule has 1 amide bonds. The van der Waals surface area contributed by atoms with Crippen LogP contribution in [0, 0.1) is 10.1 Å². The van der Waals surface area contributed by atoms with E-state index in [1.54, 1.807) is 6.08 Å². The molecule has 0 aliphatic carbocycles. The van der Waals surface area contributed by atoms with Gasteiger partial charge < -0.3 is 4.74 Å². The van der Waals surface area contributed by atoms with Gasteiger partial charge in [-0.15, -0.1) is 0 Å². The van der Waals surface area contributed by atoms with Gasteiger partial charge in [0, 0.05) is 17.7 Å². The number of unbranched alkanes of at least 4 members (excludes halogenated alkanes) is 2. The molecular formula is C27H25N3O4. The summed E-state index contributed by atoms with van der Waals surface area (Å²) in [7, 11) is 0. The Morgan fingerprint density at radius 3 is 2.32 bits per heavy atom. The number of nitro groups is 1. The molecule has 1 heterocycles. The van der Waals surface area contributed by atoms with Gasteiger partial charge in [-0.3, -0.25) is 14.9 Å². The highest BCUT2D eigenvalue weighted by atomic mass is 16.6. The van der Waals surface area contributed by atoms with Crippen LogP contribution in [0.3, 0.4) is 0 Å². The minimum atomic E-state index is -0.475. The first kappa shape index (κ1) is 22.9. The van der Waals surface area contributed by atoms with Crippen molar-refractivity contribution in [2.24, 2.45) is 5.10 Å². The van der Waals surface area contributed by atoms with Gasteiger partial charge in [-0.1, -0.05) is 62.2 Å². The summed E-state index contributed by atoms with van der Waals surface area (Å²) >= 11 is 0. The number of non-ortho nitro benzene ring substituents is 1. The number of nitrogens with zero attached hydrogens (tertiary/aromatic N) is 3. The second-order valence-corrected chi connectivity index (χ2v) is 7.89. The van der Waals surface area contributed by atoms with Gasteiger partial charge in [0.15, 0.2) is 0 Å². The van der Waals surface area contributed by atoms with E-state index < -0.39 is 4.92 Å². The molecule has 0 fully saturated rings. The molecule has 0 aromatic heterocycles. The minimum Gasteiger partial charge on any atom is -0.494 e. The molecule has 0 saturated heterocycles. The van der Waals surface area contributed by atoms with Gasteiger partial charge in [-0.2, -0.15) is 10.1 Å². The van der Waals surface area contributed by atoms with Crippen molar-refractivity contribution in [2.75, 3.05) is 11.6 Å². The van der Waals surface area contributed by atoms with Crippen molar-refractivity contribution in [3.8, 4) is 5.75 Å². The minimum absolute atomic E-state index is 0.0459. The van der Waals surface area contributed by atoms with Crippen molar-refractivity contribution in [2.45, 2.75) is 26.2 Å². The van der Waals surface area contributed by atoms with E-state index in [0.29, 0.717) is 23.6 Å². The Labute approximate surface area is 198 Å². The fourth-order valence-electron chi connectivity index (χ4n) is 3.61. The number of anilines is 1. The third-order valence-corrected chi connectivity index (χ3v) is 5.44. The first-order valence-electron chi connectivity index (χ1n) is 11.2. The molecule has 0 radical (unpaired) electrons. The Bertz CT molecular complexity index is 1220. The highest BCUT2D eigenvalue weighted by Gasteiger charge is 2.32. The van der Waals surface area contributed by atoms with Crippen LogP contribution in [-0.4, -0.2) is 23.1 Å². The van der Waals surface area contributed by atoms with E-state index in [1.165, 1.54) is 29.3 Å². The van der Waals surface area contributed by atoms with Crippen LogP contribution in [0.2, 0.25) is 0 Å². The summed E-state index contributed by atoms with van der Waals surface area (Å²) < 4.78 is 5.78. The standard InChI is InChI=1S/C27H25N3O4/c1-2-3-7-18-34-24-16-10-20(11-17-24)19-25-26(21-8-5-4-6-9-21)28-29(27(25)31)22-12-14-23(15-13-22)30(32)33/h4-6,8-17,19H,2-3,7,18H2,1H3/b25-19-. The highest BCUT2D eigenvalue weighted by Crippen LogP contribution is 2.29. The predicted octanol–water partition coefficient (Wildman–Crippen LogP) is 6.00. The SMILES string of the molecule is CCCCCOc1ccc(/C=C2\C(=O)N(c3ccc([N+](=O)[O-])cc3)N=C2c2ccccc2)cc1. The zero-order chi connectivity index (χ0) is 23.9. The second kappa shape index (κ2) is 10.6. The molecule has 3 aromatic rings. The topological polar surface area (TPSA) is 85.0 Å². The quantitative estimate of drug-likeness (QED) is 0.171. The number of hydrazone groups is 1. The molecule has 0 saturated carbocycles. The van der Waals surface area contributed by atoms with Gasteiger partial charge >= 0.3 is 0 Å². The molecule has 3 aromatic carbocycles. The molecule has 0 atom stereocenters. The maximum atomic E-state index is 13.4. The highest BCUT2D eigenvalue weighted by molar-refractivity contribution is 6.37. The van der Waals surface area contributed by atoms with E-state index in [9.17, 15) is 14.9 Å². The van der Waals surface area contributed by atoms with Gasteiger partial charge in [0.1, 0.15) is 11.5 Å². The number of ether oxygens (including phenoxy) is 1. The fraction of sp³-hybridized carbons (Fsp3) is 0.185. The Morgan fingerprint density at radius 2 is 1.68 bits per heavy atom. The molecule has 1 aliphatic rings. The van der Waals surface area contributed by atoms with Crippen molar-refractivity contribution in [3.63, 3.8) is 0 Å². The summed E-state index contributed by atoms with van der Waals surface area (Å²) in [5.41, 5.74) is 3.06. The summed E-state index contributed by atoms with van der Waals surface area (Å²) in [6, 6.07) is 22.8. The Kier molecular flexibility index (Phi) is 7.13. The van der Waals surface area contributed by atoms with Gasteiger partial charge in [-0.05, 0) is 42.3 Å². The third-order valence-electron chi connectivity index (χ3n) is 5.44. The smallest absolute Gasteiger partial charge is 0.281 e. The molecule has 4 rings (SSSR count). The van der Waals surface area contributed by atoms with E-state index >= 15 is 0 Å². The van der Waals surface area contributed by atoms with E-state index in [1.807, 2.05) is 54.6 Å². The maximum absolute atomic E-state index is 13.4. The fourth-order valence-corrected chi connectivity index (χ4v) is 3.61. The average molecular weight is 456 g/mol. The van der Waals surface area contributed by atoms with Crippen LogP contribution < -0.4 is 9.75 Å². The summed E-state index contributed by atoms with van der Waals surface area (Å²) in [6.45, 7) is 2.84. The molecule has 34 heavy (non-hydrogen) atoms. The number of hydrogen-bond donors (Lipinski definition) is 0. The monoisotopic (exact) mass is 455 g/mol. The van der Waals surface area contributed by atoms with Crippen LogP contribution in [-0.2, 0) is 4.79 Å². The van der Waals surface area contributed by atoms with Gasteiger partial charge in [-0.25, -0.2) is 0 Å². The van der Waals surface area contributed by atoms with E-state index in [0.717, 1.165) is 36.1 Å². The van der Waals surface area contributed by atoms with Crippen molar-refractivity contribution in [3.05, 3.63) is 106 Å². The van der Waals surface area contributed by atoms with Crippen LogP contribution in [0.15, 0.2) is 89.5 Å². The molecule has 1 aliphatic heterocycles. The third kappa shape index (κ3) is 5.20. The Morgan fingerprint density at radius 1 is 0.971 bits per heavy atom. The van der Waals surface area contributed by atoms with Crippen LogP contribution in [0.1, 0.15) is 37.3 Å². The van der Waals surface area contributed by atoms with Gasteiger partial charge in [0.25, 0.3) is 11.6 Å². The molecule has 0 unspecified atom stereocenters. The molecule has 172 valence electrons. The van der Waals surface area contributed by atoms with Crippen molar-refractivity contribution >= 4 is 29.1 Å². The normalized spacial score (nSPS) is 14.4. The number of carbonyl (C=O) groups is 1. The number of rotatable bonds is 9. The van der Waals surface area contributed by atoms with Crippen molar-refractivity contribution in [1.29, 1.82) is 0 Å². The first-order valence-corrected chi connectivity index (χ1v) is 11.2. The molecule has 0 spiro atoms. The second-order valence-electron chi connectivity index (χ2n) is 7.89. The van der Waals surface area contributed by atoms with Gasteiger partial charge in [0.05, 0.1) is 22.8 Å². The average Bonchev–Trinajstić information content (AvgIpc) is 3.19. The number of carbonyl (C=O) groups excluding carboxylic acids is 1. The molecule has 0 N–H and O–H groups in total. The van der Waals surface area contributed by atoms with E-state index in [2.05, 4.69) is 12.0 Å². The largest absolute Gasteiger partial charge is 0.494 e. The lowest BCUT2D eigenvalue weighted by Crippen LogP contribution is -2.21. The lowest BCUT2D eigenvalue weighted by molar-refractivity contribution is -0.384. The Hall–Kier alpha value is -4.26. The van der Waals surface area contributed by atoms with E-state index in [-0.39, 0.29) is 11.6 Å². The number of amides is 1. The molecular weight excluding hydrogens is 430 g/mol. The van der Waals surface area contributed by atoms with Crippen molar-refractivity contribution in [1.82, 2.24) is 0 Å². The summed E-state index contributed by atoms with van der Waals surface area (Å²) in [5.74, 6) is 0.494. The molecule has 7 heteroatoms. The van der Waals surface area contributed by atoms with Crippen LogP contribution >= 0.6 is 0 Å². The lowest BCUT2D eigenvalue weighted by Gasteiger charge is -2.11. The van der Waals surface area contributed by atoms with Crippen LogP contribution in [0.25, 0.3) is 6.08 Å². The lowest BCUT2D eigenvalue weighted by atomic mass is 10.0. The molecule has 7 nitrogen and oxygen atoms in total. The zero-order valence-corrected chi connectivity index (χ0v) is 18.9. The van der Waals surface area contributed by atoms with Crippen LogP contribution in [0.4, 0.5) is 11.4 Å². The number of nitro benzene ring substituents is 1. The predicted molar refractivity (Wildman–Crippen MR) is 133 cm³/mol. The van der Waals surface area contributed by atoms with Gasteiger partial charge in [0.2, 0.25) is 0 Å². The van der Waals surface area contributed by atoms with Crippen LogP contribution in [0.5, 0.6) is 5.75 Å². The maximum Gasteiger partial charge on any atom is 0.281 e. The van der Waals surface area contributed by atoms with Crippen molar-refractivity contribution < 1.29 is 14.5 Å². The Balaban J connectivity index is 1.62. The summed E-state index contributed by atoms with van der Waals surface area (Å²) in [6.07, 6.45) is 5.11. The number of benzene rings is 3. The first-order chi connectivity index (χ1) is 16.6. The molecule has 0 bridgehead atoms. The number of hydrogen-bond acceptors (Lipinski definition) is 5. The summed E-state index contributed by atoms with van der Waals surface area (Å²) in [5, 5.41) is 16.8. The summed E-state index contributed by atoms with van der Waals surface area (Å²) in [4.78, 5) is 23.9.